The van der Waals surface area contributed by atoms with Crippen molar-refractivity contribution in [3.05, 3.63) is 199 Å². The van der Waals surface area contributed by atoms with E-state index in [1.54, 1.807) is 0 Å². The quantitative estimate of drug-likeness (QED) is 0.176. The molecule has 0 spiro atoms. The summed E-state index contributed by atoms with van der Waals surface area (Å²) in [4.78, 5) is 0. The summed E-state index contributed by atoms with van der Waals surface area (Å²) < 4.78 is 1.42. The molecular formula is C55H58Cl2Zr. The van der Waals surface area contributed by atoms with Crippen LogP contribution in [0.2, 0.25) is 0 Å². The minimum atomic E-state index is 0. The van der Waals surface area contributed by atoms with Crippen molar-refractivity contribution in [3.8, 4) is 0 Å². The molecular weight excluding hydrogens is 823 g/mol. The molecule has 2 saturated carbocycles. The van der Waals surface area contributed by atoms with E-state index in [-0.39, 0.29) is 62.7 Å². The van der Waals surface area contributed by atoms with E-state index in [1.807, 2.05) is 12.2 Å². The van der Waals surface area contributed by atoms with Gasteiger partial charge < -0.3 is 6.42 Å². The van der Waals surface area contributed by atoms with Crippen LogP contribution in [0.25, 0.3) is 21.5 Å². The Kier molecular flexibility index (Phi) is 12.1. The summed E-state index contributed by atoms with van der Waals surface area (Å²) in [5.41, 5.74) is 4.44. The third-order valence-electron chi connectivity index (χ3n) is 16.7. The van der Waals surface area contributed by atoms with Gasteiger partial charge in [0.15, 0.2) is 0 Å². The number of halogens is 2. The Morgan fingerprint density at radius 1 is 0.603 bits per heavy atom. The van der Waals surface area contributed by atoms with E-state index in [2.05, 4.69) is 226 Å². The van der Waals surface area contributed by atoms with Gasteiger partial charge in [0, 0.05) is 10.8 Å². The van der Waals surface area contributed by atoms with Gasteiger partial charge in [0.05, 0.1) is 0 Å². The Balaban J connectivity index is 0.000000173. The monoisotopic (exact) mass is 878 g/mol. The zero-order chi connectivity index (χ0) is 39.6. The first-order valence-electron chi connectivity index (χ1n) is 20.5. The van der Waals surface area contributed by atoms with Gasteiger partial charge in [-0.3, -0.25) is 6.08 Å². The third kappa shape index (κ3) is 5.80. The van der Waals surface area contributed by atoms with Crippen LogP contribution in [0.4, 0.5) is 0 Å². The fourth-order valence-electron chi connectivity index (χ4n) is 12.6. The van der Waals surface area contributed by atoms with Crippen LogP contribution in [0.5, 0.6) is 0 Å². The molecule has 10 rings (SSSR count). The fraction of sp³-hybridized carbons (Fsp3) is 0.309. The van der Waals surface area contributed by atoms with Crippen molar-refractivity contribution in [2.24, 2.45) is 43.8 Å². The molecule has 0 saturated heterocycles. The number of hydrogen-bond acceptors (Lipinski definition) is 0. The molecule has 6 aliphatic rings. The fourth-order valence-corrected chi connectivity index (χ4v) is 13.7. The molecule has 8 atom stereocenters. The van der Waals surface area contributed by atoms with Gasteiger partial charge in [0.1, 0.15) is 0 Å². The topological polar surface area (TPSA) is 0 Å². The predicted molar refractivity (Wildman–Crippen MR) is 251 cm³/mol. The summed E-state index contributed by atoms with van der Waals surface area (Å²) >= 11 is 1.44. The zero-order valence-corrected chi connectivity index (χ0v) is 39.4. The van der Waals surface area contributed by atoms with E-state index in [9.17, 15) is 0 Å². The summed E-state index contributed by atoms with van der Waals surface area (Å²) in [5, 5.41) is 5.29. The molecule has 0 radical (unpaired) electrons. The standard InChI is InChI=1S/C29H37.C21H14.C5H5.2ClH.Zr/c1-21-14-13-15-22-20-27(6)25(4)18-10-9-16-23(25,2)24(3)17-11-12-19-26(24,5)29(27,8)28(21,22)7;1-3-13-20-16(7-1)9-5-11-18(20)15-19-12-6-10-17-8-2-4-14-21(17)19;1-2-4-5-3-1;;;/h9-20,22H,1-8H3;1-14H;1-3H,4H2;2*1H;/q-1;;-1;;;+2. The maximum absolute atomic E-state index is 2.99. The Morgan fingerprint density at radius 2 is 1.09 bits per heavy atom. The number of rotatable bonds is 2. The summed E-state index contributed by atoms with van der Waals surface area (Å²) in [5.74, 6) is 0.460. The van der Waals surface area contributed by atoms with Crippen molar-refractivity contribution < 1.29 is 24.2 Å². The first-order valence-corrected chi connectivity index (χ1v) is 21.7. The van der Waals surface area contributed by atoms with Crippen LogP contribution in [-0.4, -0.2) is 3.21 Å². The zero-order valence-electron chi connectivity index (χ0n) is 35.3. The molecule has 0 heterocycles. The van der Waals surface area contributed by atoms with Crippen molar-refractivity contribution in [1.29, 1.82) is 0 Å². The van der Waals surface area contributed by atoms with Crippen LogP contribution in [0.1, 0.15) is 72.9 Å². The Labute approximate surface area is 375 Å². The van der Waals surface area contributed by atoms with Crippen molar-refractivity contribution in [2.45, 2.75) is 61.8 Å². The molecule has 0 N–H and O–H groups in total. The Bertz CT molecular complexity index is 2390. The summed E-state index contributed by atoms with van der Waals surface area (Å²) in [6, 6.07) is 30.4. The molecule has 4 aromatic rings. The van der Waals surface area contributed by atoms with Gasteiger partial charge in [-0.05, 0) is 28.6 Å². The van der Waals surface area contributed by atoms with E-state index in [4.69, 9.17) is 0 Å². The van der Waals surface area contributed by atoms with E-state index >= 15 is 0 Å². The normalized spacial score (nSPS) is 35.2. The van der Waals surface area contributed by atoms with E-state index in [0.717, 1.165) is 6.42 Å². The second-order valence-corrected chi connectivity index (χ2v) is 19.4. The predicted octanol–water partition coefficient (Wildman–Crippen LogP) is 14.9. The molecule has 3 heteroatoms. The van der Waals surface area contributed by atoms with Crippen molar-refractivity contribution >= 4 is 49.6 Å². The molecule has 4 aromatic carbocycles. The maximum atomic E-state index is 2.99. The molecule has 0 aliphatic heterocycles. The van der Waals surface area contributed by atoms with E-state index < -0.39 is 0 Å². The molecule has 58 heavy (non-hydrogen) atoms. The van der Waals surface area contributed by atoms with Gasteiger partial charge >= 0.3 is 145 Å². The van der Waals surface area contributed by atoms with Crippen LogP contribution in [0.15, 0.2) is 176 Å². The summed E-state index contributed by atoms with van der Waals surface area (Å²) in [6.45, 7) is 20.3. The SMILES string of the molecule is CC1=CC=CC2[CH-]C3(C)C4(C)C=CC=CC4(C)C4(C)C=CC=CC4(C)C3(C)C12C.Cl.Cl.[C-]1=CC=CC1.[Zr+2]=[C](c1cccc2ccccc12)c1cccc2ccccc12. The molecule has 0 aromatic heterocycles. The third-order valence-corrected chi connectivity index (χ3v) is 18.1. The number of allylic oxidation sites excluding steroid dienone is 16. The first-order chi connectivity index (χ1) is 26.7. The molecule has 2 fully saturated rings. The van der Waals surface area contributed by atoms with E-state index in [0.29, 0.717) is 5.92 Å². The van der Waals surface area contributed by atoms with Crippen LogP contribution in [0, 0.1) is 56.3 Å². The molecule has 8 unspecified atom stereocenters. The van der Waals surface area contributed by atoms with Crippen molar-refractivity contribution in [3.63, 3.8) is 0 Å². The van der Waals surface area contributed by atoms with Crippen LogP contribution < -0.4 is 0 Å². The number of hydrogen-bond donors (Lipinski definition) is 0. The Hall–Kier alpha value is -3.35. The Morgan fingerprint density at radius 3 is 1.59 bits per heavy atom. The number of fused-ring (bicyclic) bond motifs is 10. The minimum absolute atomic E-state index is 0. The molecule has 0 amide bonds. The van der Waals surface area contributed by atoms with Crippen LogP contribution in [-0.2, 0) is 24.2 Å². The van der Waals surface area contributed by atoms with Crippen molar-refractivity contribution in [1.82, 2.24) is 0 Å². The summed E-state index contributed by atoms with van der Waals surface area (Å²) in [7, 11) is 0. The van der Waals surface area contributed by atoms with E-state index in [1.165, 1.54) is 65.7 Å². The second-order valence-electron chi connectivity index (χ2n) is 18.1. The van der Waals surface area contributed by atoms with Crippen LogP contribution >= 0.6 is 24.8 Å². The molecule has 296 valence electrons. The van der Waals surface area contributed by atoms with Gasteiger partial charge in [-0.15, -0.1) is 48.6 Å². The van der Waals surface area contributed by atoms with Gasteiger partial charge in [-0.25, -0.2) is 12.2 Å². The molecule has 0 bridgehead atoms. The van der Waals surface area contributed by atoms with Gasteiger partial charge in [0.2, 0.25) is 0 Å². The van der Waals surface area contributed by atoms with Crippen molar-refractivity contribution in [2.75, 3.05) is 0 Å². The molecule has 0 nitrogen and oxygen atoms in total. The average Bonchev–Trinajstić information content (AvgIpc) is 3.87. The number of benzene rings is 4. The van der Waals surface area contributed by atoms with Gasteiger partial charge in [-0.2, -0.15) is 6.08 Å². The second kappa shape index (κ2) is 15.9. The van der Waals surface area contributed by atoms with Gasteiger partial charge in [-0.1, -0.05) is 115 Å². The van der Waals surface area contributed by atoms with Gasteiger partial charge in [0.25, 0.3) is 0 Å². The average molecular weight is 881 g/mol. The van der Waals surface area contributed by atoms with Crippen LogP contribution in [0.3, 0.4) is 0 Å². The summed E-state index contributed by atoms with van der Waals surface area (Å²) in [6.07, 6.45) is 39.3. The molecule has 6 aliphatic carbocycles. The first kappa shape index (κ1) is 44.2.